The van der Waals surface area contributed by atoms with Crippen LogP contribution in [-0.4, -0.2) is 34.7 Å². The highest BCUT2D eigenvalue weighted by molar-refractivity contribution is 5.90. The van der Waals surface area contributed by atoms with Crippen LogP contribution in [0.3, 0.4) is 0 Å². The molecule has 0 saturated heterocycles. The van der Waals surface area contributed by atoms with Gasteiger partial charge in [0, 0.05) is 6.20 Å². The first-order chi connectivity index (χ1) is 8.29. The Morgan fingerprint density at radius 1 is 1.28 bits per heavy atom. The highest BCUT2D eigenvalue weighted by Gasteiger charge is 2.18. The third kappa shape index (κ3) is 5.40. The Kier molecular flexibility index (Phi) is 5.98. The number of carbonyl (C=O) groups excluding carboxylic acids is 1. The van der Waals surface area contributed by atoms with Gasteiger partial charge in [-0.25, -0.2) is 14.6 Å². The second-order valence-electron chi connectivity index (χ2n) is 4.24. The third-order valence-corrected chi connectivity index (χ3v) is 1.62. The fourth-order valence-corrected chi connectivity index (χ4v) is 0.971. The van der Waals surface area contributed by atoms with Crippen LogP contribution in [0, 0.1) is 0 Å². The van der Waals surface area contributed by atoms with E-state index in [-0.39, 0.29) is 11.3 Å². The van der Waals surface area contributed by atoms with Crippen LogP contribution in [-0.2, 0) is 4.74 Å². The van der Waals surface area contributed by atoms with E-state index in [0.717, 1.165) is 6.20 Å². The molecule has 18 heavy (non-hydrogen) atoms. The van der Waals surface area contributed by atoms with Gasteiger partial charge in [0.2, 0.25) is 0 Å². The normalized spacial score (nSPS) is 10.1. The summed E-state index contributed by atoms with van der Waals surface area (Å²) in [4.78, 5) is 25.8. The molecule has 100 valence electrons. The Balaban J connectivity index is 0.00000137. The molecule has 0 fully saturated rings. The molecule has 6 heteroatoms. The summed E-state index contributed by atoms with van der Waals surface area (Å²) in [5, 5.41) is 8.64. The molecular weight excluding hydrogens is 236 g/mol. The zero-order valence-electron chi connectivity index (χ0n) is 10.9. The van der Waals surface area contributed by atoms with Crippen molar-refractivity contribution >= 4 is 11.9 Å². The molecule has 0 amide bonds. The first-order valence-electron chi connectivity index (χ1n) is 5.30. The van der Waals surface area contributed by atoms with Gasteiger partial charge in [-0.2, -0.15) is 0 Å². The molecule has 1 rings (SSSR count). The molecule has 0 aromatic carbocycles. The van der Waals surface area contributed by atoms with Crippen molar-refractivity contribution in [2.45, 2.75) is 26.4 Å². The summed E-state index contributed by atoms with van der Waals surface area (Å²) < 4.78 is 5.08. The molecule has 0 radical (unpaired) electrons. The maximum atomic E-state index is 11.5. The molecule has 0 spiro atoms. The Morgan fingerprint density at radius 3 is 2.17 bits per heavy atom. The predicted octanol–water partition coefficient (Wildman–Crippen LogP) is 1.31. The second-order valence-corrected chi connectivity index (χ2v) is 4.24. The lowest BCUT2D eigenvalue weighted by Gasteiger charge is -2.18. The van der Waals surface area contributed by atoms with Gasteiger partial charge < -0.3 is 15.6 Å². The largest absolute Gasteiger partial charge is 0.478 e. The predicted molar refractivity (Wildman–Crippen MR) is 66.5 cm³/mol. The van der Waals surface area contributed by atoms with E-state index in [1.807, 2.05) is 0 Å². The maximum Gasteiger partial charge on any atom is 0.357 e. The number of hydrogen-bond acceptors (Lipinski definition) is 5. The van der Waals surface area contributed by atoms with Gasteiger partial charge >= 0.3 is 11.9 Å². The summed E-state index contributed by atoms with van der Waals surface area (Å²) in [6, 6.07) is 2.64. The van der Waals surface area contributed by atoms with Crippen molar-refractivity contribution in [2.75, 3.05) is 7.05 Å². The maximum absolute atomic E-state index is 11.5. The molecule has 1 aromatic rings. The van der Waals surface area contributed by atoms with Crippen LogP contribution in [0.15, 0.2) is 18.3 Å². The van der Waals surface area contributed by atoms with Gasteiger partial charge in [0.1, 0.15) is 11.3 Å². The lowest BCUT2D eigenvalue weighted by Crippen LogP contribution is -2.24. The molecule has 3 N–H and O–H groups in total. The average Bonchev–Trinajstić information content (AvgIpc) is 2.29. The molecule has 0 aliphatic rings. The molecule has 0 unspecified atom stereocenters. The van der Waals surface area contributed by atoms with Crippen LogP contribution in [0.4, 0.5) is 0 Å². The Hall–Kier alpha value is -1.95. The van der Waals surface area contributed by atoms with Gasteiger partial charge in [0.05, 0.1) is 5.56 Å². The van der Waals surface area contributed by atoms with Crippen LogP contribution in [0.1, 0.15) is 41.6 Å². The van der Waals surface area contributed by atoms with Crippen molar-refractivity contribution in [2.24, 2.45) is 5.73 Å². The molecule has 1 aromatic heterocycles. The minimum absolute atomic E-state index is 0.0345. The topological polar surface area (TPSA) is 103 Å². The van der Waals surface area contributed by atoms with Crippen LogP contribution in [0.2, 0.25) is 0 Å². The zero-order valence-corrected chi connectivity index (χ0v) is 10.9. The van der Waals surface area contributed by atoms with Crippen LogP contribution < -0.4 is 5.73 Å². The van der Waals surface area contributed by atoms with Crippen molar-refractivity contribution in [3.63, 3.8) is 0 Å². The fourth-order valence-electron chi connectivity index (χ4n) is 0.971. The number of rotatable bonds is 2. The number of nitrogens with zero attached hydrogens (tertiary/aromatic N) is 1. The summed E-state index contributed by atoms with van der Waals surface area (Å²) in [6.45, 7) is 5.24. The minimum Gasteiger partial charge on any atom is -0.478 e. The van der Waals surface area contributed by atoms with Gasteiger partial charge in [0.25, 0.3) is 0 Å². The highest BCUT2D eigenvalue weighted by atomic mass is 16.6. The van der Waals surface area contributed by atoms with Crippen LogP contribution in [0.5, 0.6) is 0 Å². The summed E-state index contributed by atoms with van der Waals surface area (Å²) >= 11 is 0. The Morgan fingerprint density at radius 2 is 1.83 bits per heavy atom. The minimum atomic E-state index is -1.08. The fraction of sp³-hybridized carbons (Fsp3) is 0.417. The van der Waals surface area contributed by atoms with E-state index in [1.54, 1.807) is 20.8 Å². The molecule has 0 saturated carbocycles. The number of carboxylic acids is 1. The van der Waals surface area contributed by atoms with E-state index in [2.05, 4.69) is 10.7 Å². The van der Waals surface area contributed by atoms with E-state index in [4.69, 9.17) is 9.84 Å². The van der Waals surface area contributed by atoms with Crippen molar-refractivity contribution in [3.8, 4) is 0 Å². The monoisotopic (exact) mass is 254 g/mol. The van der Waals surface area contributed by atoms with Gasteiger partial charge in [-0.05, 0) is 40.0 Å². The van der Waals surface area contributed by atoms with Gasteiger partial charge in [-0.3, -0.25) is 0 Å². The number of pyridine rings is 1. The number of hydrogen-bond donors (Lipinski definition) is 2. The average molecular weight is 254 g/mol. The summed E-state index contributed by atoms with van der Waals surface area (Å²) in [5.41, 5.74) is 4.04. The molecule has 1 heterocycles. The first kappa shape index (κ1) is 16.1. The van der Waals surface area contributed by atoms with Gasteiger partial charge in [-0.15, -0.1) is 0 Å². The van der Waals surface area contributed by atoms with Crippen molar-refractivity contribution < 1.29 is 19.4 Å². The molecular formula is C12H18N2O4. The van der Waals surface area contributed by atoms with E-state index in [0.29, 0.717) is 0 Å². The van der Waals surface area contributed by atoms with Crippen LogP contribution in [0.25, 0.3) is 0 Å². The quantitative estimate of drug-likeness (QED) is 0.771. The molecule has 0 aliphatic heterocycles. The number of esters is 1. The van der Waals surface area contributed by atoms with Crippen LogP contribution >= 0.6 is 0 Å². The van der Waals surface area contributed by atoms with E-state index in [9.17, 15) is 9.59 Å². The van der Waals surface area contributed by atoms with E-state index in [1.165, 1.54) is 19.2 Å². The molecule has 6 nitrogen and oxygen atoms in total. The lowest BCUT2D eigenvalue weighted by atomic mass is 10.2. The SMILES string of the molecule is CC(C)(C)OC(=O)c1ccc(C(=O)O)cn1.CN. The number of carbonyl (C=O) groups is 2. The van der Waals surface area contributed by atoms with Crippen molar-refractivity contribution in [3.05, 3.63) is 29.6 Å². The lowest BCUT2D eigenvalue weighted by molar-refractivity contribution is 0.00623. The number of ether oxygens (including phenoxy) is 1. The Bertz CT molecular complexity index is 407. The molecule has 0 bridgehead atoms. The first-order valence-corrected chi connectivity index (χ1v) is 5.30. The zero-order chi connectivity index (χ0) is 14.3. The molecule has 0 aliphatic carbocycles. The summed E-state index contributed by atoms with van der Waals surface area (Å²) in [5.74, 6) is -1.65. The standard InChI is InChI=1S/C11H13NO4.CH5N/c1-11(2,3)16-10(15)8-5-4-7(6-12-8)9(13)14;1-2/h4-6H,1-3H3,(H,13,14);2H2,1H3. The smallest absolute Gasteiger partial charge is 0.357 e. The highest BCUT2D eigenvalue weighted by Crippen LogP contribution is 2.11. The molecule has 0 atom stereocenters. The van der Waals surface area contributed by atoms with Gasteiger partial charge in [0.15, 0.2) is 0 Å². The van der Waals surface area contributed by atoms with Crippen molar-refractivity contribution in [1.82, 2.24) is 4.98 Å². The second kappa shape index (κ2) is 6.70. The number of aromatic carboxylic acids is 1. The van der Waals surface area contributed by atoms with E-state index < -0.39 is 17.5 Å². The number of carboxylic acid groups (broad SMARTS) is 1. The summed E-state index contributed by atoms with van der Waals surface area (Å²) in [7, 11) is 1.50. The number of aromatic nitrogens is 1. The summed E-state index contributed by atoms with van der Waals surface area (Å²) in [6.07, 6.45) is 1.13. The Labute approximate surface area is 106 Å². The number of nitrogens with two attached hydrogens (primary N) is 1. The van der Waals surface area contributed by atoms with Gasteiger partial charge in [-0.1, -0.05) is 0 Å². The third-order valence-electron chi connectivity index (χ3n) is 1.62. The van der Waals surface area contributed by atoms with E-state index >= 15 is 0 Å². The van der Waals surface area contributed by atoms with Crippen molar-refractivity contribution in [1.29, 1.82) is 0 Å².